The van der Waals surface area contributed by atoms with Crippen molar-refractivity contribution in [1.82, 2.24) is 5.32 Å². The van der Waals surface area contributed by atoms with Crippen molar-refractivity contribution in [3.05, 3.63) is 29.3 Å². The molecular weight excluding hydrogens is 266 g/mol. The molecule has 0 saturated heterocycles. The average molecular weight is 289 g/mol. The largest absolute Gasteiger partial charge is 0.493 e. The van der Waals surface area contributed by atoms with E-state index in [1.807, 2.05) is 25.1 Å². The molecule has 1 aliphatic carbocycles. The summed E-state index contributed by atoms with van der Waals surface area (Å²) < 4.78 is 10.7. The SMILES string of the molecule is C/C=C/c1cc(C(=O)NC2CCCC2)cc(OC)c1OC. The van der Waals surface area contributed by atoms with Crippen LogP contribution in [-0.4, -0.2) is 26.2 Å². The van der Waals surface area contributed by atoms with Crippen molar-refractivity contribution in [2.45, 2.75) is 38.6 Å². The molecule has 114 valence electrons. The first-order valence-electron chi connectivity index (χ1n) is 7.39. The van der Waals surface area contributed by atoms with Crippen LogP contribution in [0.3, 0.4) is 0 Å². The molecule has 4 nitrogen and oxygen atoms in total. The molecule has 1 saturated carbocycles. The number of nitrogens with one attached hydrogen (secondary N) is 1. The fraction of sp³-hybridized carbons (Fsp3) is 0.471. The molecule has 0 aliphatic heterocycles. The minimum Gasteiger partial charge on any atom is -0.493 e. The fourth-order valence-corrected chi connectivity index (χ4v) is 2.77. The topological polar surface area (TPSA) is 47.6 Å². The van der Waals surface area contributed by atoms with E-state index < -0.39 is 0 Å². The predicted molar refractivity (Wildman–Crippen MR) is 84.0 cm³/mol. The van der Waals surface area contributed by atoms with Crippen molar-refractivity contribution < 1.29 is 14.3 Å². The molecule has 0 atom stereocenters. The minimum absolute atomic E-state index is 0.0476. The van der Waals surface area contributed by atoms with Crippen LogP contribution in [0.5, 0.6) is 11.5 Å². The van der Waals surface area contributed by atoms with E-state index in [9.17, 15) is 4.79 Å². The number of methoxy groups -OCH3 is 2. The molecule has 0 heterocycles. The van der Waals surface area contributed by atoms with Gasteiger partial charge in [-0.3, -0.25) is 4.79 Å². The number of benzene rings is 1. The molecule has 0 unspecified atom stereocenters. The Morgan fingerprint density at radius 3 is 2.52 bits per heavy atom. The molecule has 1 fully saturated rings. The second-order valence-electron chi connectivity index (χ2n) is 5.26. The molecule has 0 aromatic heterocycles. The zero-order valence-corrected chi connectivity index (χ0v) is 12.9. The second-order valence-corrected chi connectivity index (χ2v) is 5.26. The Balaban J connectivity index is 2.29. The van der Waals surface area contributed by atoms with Gasteiger partial charge in [-0.15, -0.1) is 0 Å². The number of carbonyl (C=O) groups excluding carboxylic acids is 1. The summed E-state index contributed by atoms with van der Waals surface area (Å²) in [5.74, 6) is 1.17. The summed E-state index contributed by atoms with van der Waals surface area (Å²) in [4.78, 5) is 12.4. The van der Waals surface area contributed by atoms with E-state index in [4.69, 9.17) is 9.47 Å². The Hall–Kier alpha value is -1.97. The molecule has 0 bridgehead atoms. The lowest BCUT2D eigenvalue weighted by Crippen LogP contribution is -2.32. The summed E-state index contributed by atoms with van der Waals surface area (Å²) in [5.41, 5.74) is 1.45. The van der Waals surface area contributed by atoms with Crippen molar-refractivity contribution >= 4 is 12.0 Å². The monoisotopic (exact) mass is 289 g/mol. The van der Waals surface area contributed by atoms with E-state index in [0.29, 0.717) is 23.1 Å². The van der Waals surface area contributed by atoms with Crippen LogP contribution in [0.15, 0.2) is 18.2 Å². The van der Waals surface area contributed by atoms with E-state index in [2.05, 4.69) is 5.32 Å². The standard InChI is InChI=1S/C17H23NO3/c1-4-7-12-10-13(11-15(20-2)16(12)21-3)17(19)18-14-8-5-6-9-14/h4,7,10-11,14H,5-6,8-9H2,1-3H3,(H,18,19)/b7-4+. The molecule has 1 aromatic rings. The Labute approximate surface area is 126 Å². The third-order valence-electron chi connectivity index (χ3n) is 3.81. The van der Waals surface area contributed by atoms with Crippen LogP contribution in [0.25, 0.3) is 6.08 Å². The van der Waals surface area contributed by atoms with Gasteiger partial charge in [0.15, 0.2) is 11.5 Å². The van der Waals surface area contributed by atoms with Gasteiger partial charge in [-0.1, -0.05) is 25.0 Å². The van der Waals surface area contributed by atoms with E-state index >= 15 is 0 Å². The summed E-state index contributed by atoms with van der Waals surface area (Å²) in [7, 11) is 3.18. The van der Waals surface area contributed by atoms with Gasteiger partial charge in [0.25, 0.3) is 5.91 Å². The average Bonchev–Trinajstić information content (AvgIpc) is 2.99. The quantitative estimate of drug-likeness (QED) is 0.903. The maximum absolute atomic E-state index is 12.4. The summed E-state index contributed by atoms with van der Waals surface area (Å²) in [6, 6.07) is 3.87. The Kier molecular flexibility index (Phi) is 5.26. The highest BCUT2D eigenvalue weighted by atomic mass is 16.5. The highest BCUT2D eigenvalue weighted by Gasteiger charge is 2.20. The molecular formula is C17H23NO3. The molecule has 4 heteroatoms. The van der Waals surface area contributed by atoms with Crippen LogP contribution in [0, 0.1) is 0 Å². The summed E-state index contributed by atoms with van der Waals surface area (Å²) in [6.45, 7) is 1.93. The normalized spacial score (nSPS) is 15.4. The molecule has 2 rings (SSSR count). The lowest BCUT2D eigenvalue weighted by Gasteiger charge is -2.15. The number of carbonyl (C=O) groups is 1. The summed E-state index contributed by atoms with van der Waals surface area (Å²) in [6.07, 6.45) is 8.35. The summed E-state index contributed by atoms with van der Waals surface area (Å²) >= 11 is 0. The Bertz CT molecular complexity index is 531. The minimum atomic E-state index is -0.0476. The number of ether oxygens (including phenoxy) is 2. The first-order chi connectivity index (χ1) is 10.2. The number of allylic oxidation sites excluding steroid dienone is 1. The Morgan fingerprint density at radius 2 is 1.95 bits per heavy atom. The third-order valence-corrected chi connectivity index (χ3v) is 3.81. The number of rotatable bonds is 5. The lowest BCUT2D eigenvalue weighted by molar-refractivity contribution is 0.0937. The van der Waals surface area contributed by atoms with E-state index in [1.165, 1.54) is 12.8 Å². The number of hydrogen-bond acceptors (Lipinski definition) is 3. The van der Waals surface area contributed by atoms with Gasteiger partial charge >= 0.3 is 0 Å². The van der Waals surface area contributed by atoms with Gasteiger partial charge in [-0.05, 0) is 31.9 Å². The zero-order chi connectivity index (χ0) is 15.2. The van der Waals surface area contributed by atoms with Crippen LogP contribution in [-0.2, 0) is 0 Å². The van der Waals surface area contributed by atoms with Crippen LogP contribution >= 0.6 is 0 Å². The van der Waals surface area contributed by atoms with Gasteiger partial charge in [0.2, 0.25) is 0 Å². The highest BCUT2D eigenvalue weighted by molar-refractivity contribution is 5.96. The van der Waals surface area contributed by atoms with Gasteiger partial charge in [0.1, 0.15) is 0 Å². The lowest BCUT2D eigenvalue weighted by atomic mass is 10.1. The third kappa shape index (κ3) is 3.57. The van der Waals surface area contributed by atoms with Crippen LogP contribution in [0.1, 0.15) is 48.5 Å². The van der Waals surface area contributed by atoms with Crippen LogP contribution < -0.4 is 14.8 Å². The first kappa shape index (κ1) is 15.4. The van der Waals surface area contributed by atoms with Gasteiger partial charge in [0, 0.05) is 17.2 Å². The first-order valence-corrected chi connectivity index (χ1v) is 7.39. The van der Waals surface area contributed by atoms with Crippen LogP contribution in [0.2, 0.25) is 0 Å². The van der Waals surface area contributed by atoms with Gasteiger partial charge in [-0.2, -0.15) is 0 Å². The molecule has 1 amide bonds. The van der Waals surface area contributed by atoms with Crippen molar-refractivity contribution in [2.24, 2.45) is 0 Å². The van der Waals surface area contributed by atoms with Crippen molar-refractivity contribution in [2.75, 3.05) is 14.2 Å². The van der Waals surface area contributed by atoms with Crippen molar-refractivity contribution in [3.8, 4) is 11.5 Å². The molecule has 1 N–H and O–H groups in total. The maximum atomic E-state index is 12.4. The smallest absolute Gasteiger partial charge is 0.251 e. The highest BCUT2D eigenvalue weighted by Crippen LogP contribution is 2.33. The molecule has 0 spiro atoms. The van der Waals surface area contributed by atoms with E-state index in [1.54, 1.807) is 20.3 Å². The second kappa shape index (κ2) is 7.16. The Morgan fingerprint density at radius 1 is 1.24 bits per heavy atom. The van der Waals surface area contributed by atoms with Gasteiger partial charge in [-0.25, -0.2) is 0 Å². The van der Waals surface area contributed by atoms with Crippen molar-refractivity contribution in [1.29, 1.82) is 0 Å². The molecule has 1 aliphatic rings. The zero-order valence-electron chi connectivity index (χ0n) is 12.9. The van der Waals surface area contributed by atoms with Crippen LogP contribution in [0.4, 0.5) is 0 Å². The number of hydrogen-bond donors (Lipinski definition) is 1. The molecule has 0 radical (unpaired) electrons. The maximum Gasteiger partial charge on any atom is 0.251 e. The fourth-order valence-electron chi connectivity index (χ4n) is 2.77. The van der Waals surface area contributed by atoms with E-state index in [0.717, 1.165) is 18.4 Å². The number of amides is 1. The van der Waals surface area contributed by atoms with Gasteiger partial charge < -0.3 is 14.8 Å². The van der Waals surface area contributed by atoms with E-state index in [-0.39, 0.29) is 5.91 Å². The van der Waals surface area contributed by atoms with Crippen molar-refractivity contribution in [3.63, 3.8) is 0 Å². The van der Waals surface area contributed by atoms with Gasteiger partial charge in [0.05, 0.1) is 14.2 Å². The molecule has 21 heavy (non-hydrogen) atoms. The predicted octanol–water partition coefficient (Wildman–Crippen LogP) is 3.41. The molecule has 1 aromatic carbocycles. The summed E-state index contributed by atoms with van der Waals surface area (Å²) in [5, 5.41) is 3.09.